The highest BCUT2D eigenvalue weighted by Crippen LogP contribution is 2.20. The number of amides is 1. The number of carbonyl (C=O) groups excluding carboxylic acids is 2. The van der Waals surface area contributed by atoms with Gasteiger partial charge in [-0.25, -0.2) is 0 Å². The first-order valence-electron chi connectivity index (χ1n) is 9.96. The van der Waals surface area contributed by atoms with Crippen LogP contribution in [0.2, 0.25) is 0 Å². The Hall–Kier alpha value is -2.66. The van der Waals surface area contributed by atoms with Gasteiger partial charge in [0.05, 0.1) is 19.1 Å². The van der Waals surface area contributed by atoms with Gasteiger partial charge in [0.15, 0.2) is 0 Å². The minimum atomic E-state index is -0.152. The second-order valence-electron chi connectivity index (χ2n) is 7.19. The molecule has 1 amide bonds. The second kappa shape index (κ2) is 10.0. The van der Waals surface area contributed by atoms with E-state index in [1.807, 2.05) is 54.3 Å². The topological polar surface area (TPSA) is 58.6 Å². The molecular formula is C23H28N2O3. The summed E-state index contributed by atoms with van der Waals surface area (Å²) < 4.78 is 5.14. The summed E-state index contributed by atoms with van der Waals surface area (Å²) >= 11 is 0. The summed E-state index contributed by atoms with van der Waals surface area (Å²) in [7, 11) is 0. The fourth-order valence-electron chi connectivity index (χ4n) is 3.66. The third-order valence-electron chi connectivity index (χ3n) is 5.02. The van der Waals surface area contributed by atoms with Gasteiger partial charge in [-0.05, 0) is 49.9 Å². The number of anilines is 1. The maximum absolute atomic E-state index is 12.6. The smallest absolute Gasteiger partial charge is 0.310 e. The molecule has 0 aromatic heterocycles. The van der Waals surface area contributed by atoms with Crippen LogP contribution < -0.4 is 5.32 Å². The van der Waals surface area contributed by atoms with Crippen molar-refractivity contribution in [1.82, 2.24) is 4.90 Å². The highest BCUT2D eigenvalue weighted by molar-refractivity contribution is 5.93. The van der Waals surface area contributed by atoms with Crippen LogP contribution in [0.1, 0.15) is 30.9 Å². The molecule has 5 nitrogen and oxygen atoms in total. The zero-order chi connectivity index (χ0) is 19.8. The molecule has 0 spiro atoms. The molecule has 0 bridgehead atoms. The largest absolute Gasteiger partial charge is 0.466 e. The van der Waals surface area contributed by atoms with E-state index in [1.165, 1.54) is 5.56 Å². The molecule has 0 unspecified atom stereocenters. The average Bonchev–Trinajstić information content (AvgIpc) is 2.70. The molecule has 148 valence electrons. The number of rotatable bonds is 7. The second-order valence-corrected chi connectivity index (χ2v) is 7.19. The molecule has 1 fully saturated rings. The summed E-state index contributed by atoms with van der Waals surface area (Å²) in [5.74, 6) is -0.335. The van der Waals surface area contributed by atoms with Crippen LogP contribution in [0.15, 0.2) is 54.6 Å². The predicted octanol–water partition coefficient (Wildman–Crippen LogP) is 3.49. The molecule has 0 aliphatic carbocycles. The Labute approximate surface area is 166 Å². The van der Waals surface area contributed by atoms with Gasteiger partial charge in [-0.3, -0.25) is 14.5 Å². The van der Waals surface area contributed by atoms with Crippen LogP contribution in [0.25, 0.3) is 0 Å². The Balaban J connectivity index is 1.58. The van der Waals surface area contributed by atoms with Gasteiger partial charge in [-0.2, -0.15) is 0 Å². The Morgan fingerprint density at radius 2 is 1.86 bits per heavy atom. The Morgan fingerprint density at radius 3 is 2.64 bits per heavy atom. The van der Waals surface area contributed by atoms with Gasteiger partial charge >= 0.3 is 5.97 Å². The van der Waals surface area contributed by atoms with Crippen LogP contribution in [-0.2, 0) is 20.7 Å². The summed E-state index contributed by atoms with van der Waals surface area (Å²) in [5, 5.41) is 3.05. The molecule has 2 aromatic rings. The minimum absolute atomic E-state index is 0.0509. The molecular weight excluding hydrogens is 352 g/mol. The van der Waals surface area contributed by atoms with Gasteiger partial charge in [0.1, 0.15) is 0 Å². The molecule has 0 saturated carbocycles. The van der Waals surface area contributed by atoms with Crippen molar-refractivity contribution in [2.45, 2.75) is 26.2 Å². The first-order valence-corrected chi connectivity index (χ1v) is 9.96. The number of hydrogen-bond acceptors (Lipinski definition) is 4. The molecule has 3 rings (SSSR count). The lowest BCUT2D eigenvalue weighted by atomic mass is 9.98. The highest BCUT2D eigenvalue weighted by Gasteiger charge is 2.27. The van der Waals surface area contributed by atoms with E-state index in [0.717, 1.165) is 37.1 Å². The Kier molecular flexibility index (Phi) is 7.20. The van der Waals surface area contributed by atoms with Crippen LogP contribution in [0.3, 0.4) is 0 Å². The molecule has 28 heavy (non-hydrogen) atoms. The van der Waals surface area contributed by atoms with E-state index in [1.54, 1.807) is 0 Å². The minimum Gasteiger partial charge on any atom is -0.466 e. The van der Waals surface area contributed by atoms with Crippen LogP contribution in [0.4, 0.5) is 5.69 Å². The van der Waals surface area contributed by atoms with Gasteiger partial charge in [0.25, 0.3) is 0 Å². The maximum Gasteiger partial charge on any atom is 0.310 e. The Morgan fingerprint density at radius 1 is 1.11 bits per heavy atom. The zero-order valence-corrected chi connectivity index (χ0v) is 16.4. The molecule has 1 atom stereocenters. The van der Waals surface area contributed by atoms with E-state index in [2.05, 4.69) is 17.4 Å². The quantitative estimate of drug-likeness (QED) is 0.747. The number of likely N-dealkylation sites (tertiary alicyclic amines) is 1. The van der Waals surface area contributed by atoms with Crippen molar-refractivity contribution in [3.8, 4) is 0 Å². The first kappa shape index (κ1) is 20.1. The lowest BCUT2D eigenvalue weighted by Gasteiger charge is -2.30. The number of benzene rings is 2. The fraction of sp³-hybridized carbons (Fsp3) is 0.391. The van der Waals surface area contributed by atoms with E-state index in [9.17, 15) is 9.59 Å². The third kappa shape index (κ3) is 5.67. The SMILES string of the molecule is CCOC(=O)[C@H]1CCCN(CC(=O)Nc2ccccc2Cc2ccccc2)C1. The summed E-state index contributed by atoms with van der Waals surface area (Å²) in [6.07, 6.45) is 2.50. The van der Waals surface area contributed by atoms with Crippen LogP contribution in [-0.4, -0.2) is 43.0 Å². The van der Waals surface area contributed by atoms with Gasteiger partial charge in [-0.15, -0.1) is 0 Å². The number of ether oxygens (including phenoxy) is 1. The summed E-state index contributed by atoms with van der Waals surface area (Å²) in [4.78, 5) is 26.6. The van der Waals surface area contributed by atoms with Crippen molar-refractivity contribution in [2.75, 3.05) is 31.6 Å². The van der Waals surface area contributed by atoms with Crippen molar-refractivity contribution >= 4 is 17.6 Å². The summed E-state index contributed by atoms with van der Waals surface area (Å²) in [6.45, 7) is 3.91. The van der Waals surface area contributed by atoms with Crippen molar-refractivity contribution in [3.63, 3.8) is 0 Å². The number of hydrogen-bond donors (Lipinski definition) is 1. The normalized spacial score (nSPS) is 17.1. The van der Waals surface area contributed by atoms with Crippen LogP contribution in [0.5, 0.6) is 0 Å². The molecule has 1 aliphatic rings. The monoisotopic (exact) mass is 380 g/mol. The maximum atomic E-state index is 12.6. The molecule has 5 heteroatoms. The Bertz CT molecular complexity index is 791. The molecule has 0 radical (unpaired) electrons. The van der Waals surface area contributed by atoms with Gasteiger partial charge in [0, 0.05) is 12.2 Å². The number of esters is 1. The standard InChI is InChI=1S/C23H28N2O3/c1-2-28-23(27)20-12-8-14-25(16-20)17-22(26)24-21-13-7-6-11-19(21)15-18-9-4-3-5-10-18/h3-7,9-11,13,20H,2,8,12,14-17H2,1H3,(H,24,26)/t20-/m0/s1. The number of nitrogens with zero attached hydrogens (tertiary/aromatic N) is 1. The van der Waals surface area contributed by atoms with Crippen molar-refractivity contribution < 1.29 is 14.3 Å². The van der Waals surface area contributed by atoms with Gasteiger partial charge < -0.3 is 10.1 Å². The van der Waals surface area contributed by atoms with Crippen molar-refractivity contribution in [2.24, 2.45) is 5.92 Å². The van der Waals surface area contributed by atoms with Crippen LogP contribution >= 0.6 is 0 Å². The first-order chi connectivity index (χ1) is 13.7. The third-order valence-corrected chi connectivity index (χ3v) is 5.02. The lowest BCUT2D eigenvalue weighted by molar-refractivity contribution is -0.150. The number of para-hydroxylation sites is 1. The van der Waals surface area contributed by atoms with Crippen molar-refractivity contribution in [1.29, 1.82) is 0 Å². The average molecular weight is 380 g/mol. The number of piperidine rings is 1. The molecule has 1 heterocycles. The number of nitrogens with one attached hydrogen (secondary N) is 1. The molecule has 1 aliphatic heterocycles. The van der Waals surface area contributed by atoms with E-state index >= 15 is 0 Å². The highest BCUT2D eigenvalue weighted by atomic mass is 16.5. The summed E-state index contributed by atoms with van der Waals surface area (Å²) in [6, 6.07) is 18.1. The van der Waals surface area contributed by atoms with E-state index < -0.39 is 0 Å². The zero-order valence-electron chi connectivity index (χ0n) is 16.4. The van der Waals surface area contributed by atoms with Gasteiger partial charge in [0.2, 0.25) is 5.91 Å². The van der Waals surface area contributed by atoms with E-state index in [-0.39, 0.29) is 24.3 Å². The molecule has 1 N–H and O–H groups in total. The fourth-order valence-corrected chi connectivity index (χ4v) is 3.66. The van der Waals surface area contributed by atoms with E-state index in [4.69, 9.17) is 4.74 Å². The predicted molar refractivity (Wildman–Crippen MR) is 110 cm³/mol. The number of carbonyl (C=O) groups is 2. The van der Waals surface area contributed by atoms with Crippen LogP contribution in [0, 0.1) is 5.92 Å². The molecule has 1 saturated heterocycles. The molecule has 2 aromatic carbocycles. The van der Waals surface area contributed by atoms with E-state index in [0.29, 0.717) is 13.2 Å². The lowest BCUT2D eigenvalue weighted by Crippen LogP contribution is -2.43. The van der Waals surface area contributed by atoms with Crippen molar-refractivity contribution in [3.05, 3.63) is 65.7 Å². The van der Waals surface area contributed by atoms with Gasteiger partial charge in [-0.1, -0.05) is 48.5 Å². The summed E-state index contributed by atoms with van der Waals surface area (Å²) in [5.41, 5.74) is 3.14.